The van der Waals surface area contributed by atoms with E-state index in [-0.39, 0.29) is 0 Å². The van der Waals surface area contributed by atoms with E-state index in [1.807, 2.05) is 0 Å². The number of furan rings is 1. The monoisotopic (exact) mass is 292 g/mol. The van der Waals surface area contributed by atoms with Crippen LogP contribution in [0.5, 0.6) is 0 Å². The maximum atomic E-state index is 5.89. The van der Waals surface area contributed by atoms with Crippen LogP contribution in [0.1, 0.15) is 64.0 Å². The highest BCUT2D eigenvalue weighted by Crippen LogP contribution is 2.37. The molecule has 3 heteroatoms. The molecule has 1 N–H and O–H groups in total. The molecule has 21 heavy (non-hydrogen) atoms. The Labute approximate surface area is 130 Å². The Bertz CT molecular complexity index is 446. The summed E-state index contributed by atoms with van der Waals surface area (Å²) in [6.07, 6.45) is 3.94. The fourth-order valence-corrected chi connectivity index (χ4v) is 3.37. The molecule has 3 nitrogen and oxygen atoms in total. The minimum Gasteiger partial charge on any atom is -0.465 e. The van der Waals surface area contributed by atoms with Crippen LogP contribution >= 0.6 is 0 Å². The molecule has 0 aromatic carbocycles. The lowest BCUT2D eigenvalue weighted by Crippen LogP contribution is -2.26. The van der Waals surface area contributed by atoms with Crippen LogP contribution in [0.4, 0.5) is 0 Å². The predicted molar refractivity (Wildman–Crippen MR) is 88.3 cm³/mol. The van der Waals surface area contributed by atoms with Gasteiger partial charge in [0.05, 0.1) is 6.54 Å². The van der Waals surface area contributed by atoms with Crippen molar-refractivity contribution in [2.75, 3.05) is 13.1 Å². The fourth-order valence-electron chi connectivity index (χ4n) is 3.37. The standard InChI is InChI=1S/C18H32N2O/c1-6-18(7-2)8-9-20(13-18)12-16-10-17(21-15(16)5)11-19-14(3)4/h10,14,19H,6-9,11-13H2,1-5H3. The second-order valence-electron chi connectivity index (χ2n) is 7.00. The Hall–Kier alpha value is -0.800. The van der Waals surface area contributed by atoms with E-state index >= 15 is 0 Å². The van der Waals surface area contributed by atoms with Gasteiger partial charge in [-0.1, -0.05) is 27.7 Å². The van der Waals surface area contributed by atoms with Gasteiger partial charge in [0, 0.05) is 24.7 Å². The molecule has 0 radical (unpaired) electrons. The average Bonchev–Trinajstić information content (AvgIpc) is 3.02. The number of hydrogen-bond acceptors (Lipinski definition) is 3. The number of likely N-dealkylation sites (tertiary alicyclic amines) is 1. The third-order valence-corrected chi connectivity index (χ3v) is 5.17. The first-order valence-corrected chi connectivity index (χ1v) is 8.52. The van der Waals surface area contributed by atoms with Crippen LogP contribution in [0, 0.1) is 12.3 Å². The maximum absolute atomic E-state index is 5.89. The van der Waals surface area contributed by atoms with E-state index in [0.29, 0.717) is 11.5 Å². The number of hydrogen-bond donors (Lipinski definition) is 1. The molecule has 1 aliphatic heterocycles. The zero-order valence-electron chi connectivity index (χ0n) is 14.5. The largest absolute Gasteiger partial charge is 0.465 e. The van der Waals surface area contributed by atoms with Gasteiger partial charge in [-0.25, -0.2) is 0 Å². The van der Waals surface area contributed by atoms with Crippen molar-refractivity contribution in [2.45, 2.75) is 73.0 Å². The van der Waals surface area contributed by atoms with E-state index in [4.69, 9.17) is 4.42 Å². The smallest absolute Gasteiger partial charge is 0.118 e. The van der Waals surface area contributed by atoms with Gasteiger partial charge in [0.25, 0.3) is 0 Å². The fraction of sp³-hybridized carbons (Fsp3) is 0.778. The van der Waals surface area contributed by atoms with Crippen LogP contribution in [0.3, 0.4) is 0 Å². The molecule has 0 aliphatic carbocycles. The van der Waals surface area contributed by atoms with Crippen molar-refractivity contribution in [3.8, 4) is 0 Å². The molecular weight excluding hydrogens is 260 g/mol. The van der Waals surface area contributed by atoms with Crippen LogP contribution in [0.25, 0.3) is 0 Å². The Morgan fingerprint density at radius 2 is 2.05 bits per heavy atom. The van der Waals surface area contributed by atoms with Gasteiger partial charge >= 0.3 is 0 Å². The second-order valence-corrected chi connectivity index (χ2v) is 7.00. The van der Waals surface area contributed by atoms with Gasteiger partial charge in [-0.3, -0.25) is 4.90 Å². The van der Waals surface area contributed by atoms with Gasteiger partial charge in [-0.05, 0) is 44.2 Å². The molecule has 0 amide bonds. The molecule has 0 bridgehead atoms. The SMILES string of the molecule is CCC1(CC)CCN(Cc2cc(CNC(C)C)oc2C)C1. The lowest BCUT2D eigenvalue weighted by atomic mass is 9.82. The highest BCUT2D eigenvalue weighted by molar-refractivity contribution is 5.21. The summed E-state index contributed by atoms with van der Waals surface area (Å²) < 4.78 is 5.89. The third-order valence-electron chi connectivity index (χ3n) is 5.17. The van der Waals surface area contributed by atoms with Gasteiger partial charge < -0.3 is 9.73 Å². The zero-order chi connectivity index (χ0) is 15.5. The van der Waals surface area contributed by atoms with Crippen LogP contribution < -0.4 is 5.32 Å². The normalized spacial score (nSPS) is 18.8. The number of rotatable bonds is 7. The van der Waals surface area contributed by atoms with Gasteiger partial charge in [0.15, 0.2) is 0 Å². The summed E-state index contributed by atoms with van der Waals surface area (Å²) in [7, 11) is 0. The van der Waals surface area contributed by atoms with Gasteiger partial charge in [-0.15, -0.1) is 0 Å². The third kappa shape index (κ3) is 4.10. The molecule has 1 aromatic heterocycles. The van der Waals surface area contributed by atoms with Gasteiger partial charge in [0.1, 0.15) is 11.5 Å². The van der Waals surface area contributed by atoms with Crippen LogP contribution in [-0.2, 0) is 13.1 Å². The zero-order valence-corrected chi connectivity index (χ0v) is 14.5. The first kappa shape index (κ1) is 16.6. The Morgan fingerprint density at radius 3 is 2.62 bits per heavy atom. The molecule has 1 fully saturated rings. The molecule has 1 aliphatic rings. The Balaban J connectivity index is 1.94. The van der Waals surface area contributed by atoms with Crippen molar-refractivity contribution >= 4 is 0 Å². The summed E-state index contributed by atoms with van der Waals surface area (Å²) >= 11 is 0. The van der Waals surface area contributed by atoms with Crippen LogP contribution in [-0.4, -0.2) is 24.0 Å². The average molecular weight is 292 g/mol. The number of aryl methyl sites for hydroxylation is 1. The molecule has 1 aromatic rings. The van der Waals surface area contributed by atoms with Crippen LogP contribution in [0.2, 0.25) is 0 Å². The summed E-state index contributed by atoms with van der Waals surface area (Å²) in [5.74, 6) is 2.15. The lowest BCUT2D eigenvalue weighted by Gasteiger charge is -2.26. The predicted octanol–water partition coefficient (Wildman–Crippen LogP) is 4.10. The minimum atomic E-state index is 0.493. The molecule has 0 saturated carbocycles. The maximum Gasteiger partial charge on any atom is 0.118 e. The topological polar surface area (TPSA) is 28.4 Å². The highest BCUT2D eigenvalue weighted by Gasteiger charge is 2.34. The molecule has 0 unspecified atom stereocenters. The molecule has 120 valence electrons. The van der Waals surface area contributed by atoms with E-state index < -0.39 is 0 Å². The van der Waals surface area contributed by atoms with E-state index in [2.05, 4.69) is 50.9 Å². The number of nitrogens with one attached hydrogen (secondary N) is 1. The molecule has 2 heterocycles. The first-order valence-electron chi connectivity index (χ1n) is 8.52. The van der Waals surface area contributed by atoms with Crippen LogP contribution in [0.15, 0.2) is 10.5 Å². The summed E-state index contributed by atoms with van der Waals surface area (Å²) in [6.45, 7) is 15.4. The quantitative estimate of drug-likeness (QED) is 0.820. The summed E-state index contributed by atoms with van der Waals surface area (Å²) in [4.78, 5) is 2.60. The Kier molecular flexibility index (Phi) is 5.50. The molecule has 1 saturated heterocycles. The van der Waals surface area contributed by atoms with E-state index in [1.165, 1.54) is 37.9 Å². The van der Waals surface area contributed by atoms with E-state index in [9.17, 15) is 0 Å². The van der Waals surface area contributed by atoms with Crippen molar-refractivity contribution < 1.29 is 4.42 Å². The molecule has 0 spiro atoms. The van der Waals surface area contributed by atoms with Gasteiger partial charge in [0.2, 0.25) is 0 Å². The summed E-state index contributed by atoms with van der Waals surface area (Å²) in [6, 6.07) is 2.73. The van der Waals surface area contributed by atoms with E-state index in [1.54, 1.807) is 0 Å². The van der Waals surface area contributed by atoms with Crippen molar-refractivity contribution in [3.05, 3.63) is 23.2 Å². The van der Waals surface area contributed by atoms with Crippen molar-refractivity contribution in [1.82, 2.24) is 10.2 Å². The van der Waals surface area contributed by atoms with E-state index in [0.717, 1.165) is 24.6 Å². The number of nitrogens with zero attached hydrogens (tertiary/aromatic N) is 1. The Morgan fingerprint density at radius 1 is 1.33 bits per heavy atom. The van der Waals surface area contributed by atoms with Crippen molar-refractivity contribution in [2.24, 2.45) is 5.41 Å². The molecule has 0 atom stereocenters. The highest BCUT2D eigenvalue weighted by atomic mass is 16.3. The lowest BCUT2D eigenvalue weighted by molar-refractivity contribution is 0.235. The minimum absolute atomic E-state index is 0.493. The first-order chi connectivity index (χ1) is 9.98. The van der Waals surface area contributed by atoms with Crippen molar-refractivity contribution in [3.63, 3.8) is 0 Å². The second kappa shape index (κ2) is 6.97. The molecule has 2 rings (SSSR count). The summed E-state index contributed by atoms with van der Waals surface area (Å²) in [5, 5.41) is 3.42. The summed E-state index contributed by atoms with van der Waals surface area (Å²) in [5.41, 5.74) is 1.92. The van der Waals surface area contributed by atoms with Gasteiger partial charge in [-0.2, -0.15) is 0 Å². The van der Waals surface area contributed by atoms with Crippen molar-refractivity contribution in [1.29, 1.82) is 0 Å². The molecular formula is C18H32N2O.